The van der Waals surface area contributed by atoms with Crippen molar-refractivity contribution in [3.63, 3.8) is 0 Å². The Bertz CT molecular complexity index is 766. The van der Waals surface area contributed by atoms with Gasteiger partial charge in [-0.1, -0.05) is 0 Å². The molecule has 3 heterocycles. The fraction of sp³-hybridized carbons (Fsp3) is 0.444. The molecule has 6 nitrogen and oxygen atoms in total. The number of thiophene rings is 1. The molecule has 1 fully saturated rings. The SMILES string of the molecule is CC(=O)NCc1nccnc1C1CCN(C(=O)c2ccc(C)s2)CC1. The van der Waals surface area contributed by atoms with Gasteiger partial charge in [0.05, 0.1) is 22.8 Å². The normalized spacial score (nSPS) is 15.2. The molecule has 0 atom stereocenters. The van der Waals surface area contributed by atoms with Gasteiger partial charge in [-0.2, -0.15) is 0 Å². The molecule has 0 unspecified atom stereocenters. The first-order chi connectivity index (χ1) is 12.0. The minimum atomic E-state index is -0.0803. The first-order valence-corrected chi connectivity index (χ1v) is 9.26. The first kappa shape index (κ1) is 17.5. The number of carbonyl (C=O) groups excluding carboxylic acids is 2. The van der Waals surface area contributed by atoms with Crippen LogP contribution >= 0.6 is 11.3 Å². The molecule has 25 heavy (non-hydrogen) atoms. The summed E-state index contributed by atoms with van der Waals surface area (Å²) in [6.07, 6.45) is 5.07. The molecule has 1 saturated heterocycles. The van der Waals surface area contributed by atoms with Crippen LogP contribution < -0.4 is 5.32 Å². The highest BCUT2D eigenvalue weighted by Crippen LogP contribution is 2.29. The fourth-order valence-electron chi connectivity index (χ4n) is 3.12. The summed E-state index contributed by atoms with van der Waals surface area (Å²) in [5, 5.41) is 2.79. The van der Waals surface area contributed by atoms with E-state index in [-0.39, 0.29) is 17.7 Å². The van der Waals surface area contributed by atoms with E-state index in [9.17, 15) is 9.59 Å². The monoisotopic (exact) mass is 358 g/mol. The van der Waals surface area contributed by atoms with Crippen molar-refractivity contribution in [2.45, 2.75) is 39.2 Å². The van der Waals surface area contributed by atoms with Crippen molar-refractivity contribution in [1.82, 2.24) is 20.2 Å². The lowest BCUT2D eigenvalue weighted by Crippen LogP contribution is -2.38. The molecule has 7 heteroatoms. The number of hydrogen-bond donors (Lipinski definition) is 1. The zero-order valence-electron chi connectivity index (χ0n) is 14.5. The van der Waals surface area contributed by atoms with E-state index in [1.165, 1.54) is 6.92 Å². The summed E-state index contributed by atoms with van der Waals surface area (Å²) in [6.45, 7) is 5.34. The summed E-state index contributed by atoms with van der Waals surface area (Å²) in [5.41, 5.74) is 1.76. The van der Waals surface area contributed by atoms with Crippen LogP contribution in [0.15, 0.2) is 24.5 Å². The molecule has 2 amide bonds. The summed E-state index contributed by atoms with van der Waals surface area (Å²) >= 11 is 1.54. The van der Waals surface area contributed by atoms with Crippen molar-refractivity contribution in [3.8, 4) is 0 Å². The minimum Gasteiger partial charge on any atom is -0.351 e. The molecule has 0 saturated carbocycles. The Morgan fingerprint density at radius 3 is 2.60 bits per heavy atom. The second kappa shape index (κ2) is 7.74. The van der Waals surface area contributed by atoms with Gasteiger partial charge in [0, 0.05) is 43.2 Å². The molecule has 0 aromatic carbocycles. The Morgan fingerprint density at radius 2 is 1.96 bits per heavy atom. The quantitative estimate of drug-likeness (QED) is 0.911. The van der Waals surface area contributed by atoms with E-state index in [1.54, 1.807) is 23.7 Å². The van der Waals surface area contributed by atoms with E-state index in [2.05, 4.69) is 15.3 Å². The number of carbonyl (C=O) groups is 2. The lowest BCUT2D eigenvalue weighted by Gasteiger charge is -2.32. The number of amides is 2. The molecule has 1 aliphatic heterocycles. The highest BCUT2D eigenvalue weighted by molar-refractivity contribution is 7.13. The summed E-state index contributed by atoms with van der Waals surface area (Å²) in [5.74, 6) is 0.309. The fourth-order valence-corrected chi connectivity index (χ4v) is 3.96. The number of aryl methyl sites for hydroxylation is 1. The van der Waals surface area contributed by atoms with Crippen molar-refractivity contribution in [1.29, 1.82) is 0 Å². The average molecular weight is 358 g/mol. The number of likely N-dealkylation sites (tertiary alicyclic amines) is 1. The zero-order chi connectivity index (χ0) is 17.8. The Hall–Kier alpha value is -2.28. The van der Waals surface area contributed by atoms with Gasteiger partial charge in [0.2, 0.25) is 5.91 Å². The van der Waals surface area contributed by atoms with Crippen LogP contribution in [0.5, 0.6) is 0 Å². The van der Waals surface area contributed by atoms with Crippen LogP contribution in [0.3, 0.4) is 0 Å². The third-order valence-corrected chi connectivity index (χ3v) is 5.42. The highest BCUT2D eigenvalue weighted by Gasteiger charge is 2.27. The lowest BCUT2D eigenvalue weighted by molar-refractivity contribution is -0.119. The molecule has 0 aliphatic carbocycles. The number of hydrogen-bond acceptors (Lipinski definition) is 5. The molecular formula is C18H22N4O2S. The second-order valence-corrected chi connectivity index (χ2v) is 7.56. The minimum absolute atomic E-state index is 0.0803. The molecule has 0 radical (unpaired) electrons. The number of rotatable bonds is 4. The molecular weight excluding hydrogens is 336 g/mol. The van der Waals surface area contributed by atoms with Gasteiger partial charge in [0.1, 0.15) is 0 Å². The van der Waals surface area contributed by atoms with E-state index >= 15 is 0 Å². The molecule has 2 aromatic heterocycles. The van der Waals surface area contributed by atoms with Gasteiger partial charge in [-0.3, -0.25) is 19.6 Å². The zero-order valence-corrected chi connectivity index (χ0v) is 15.3. The van der Waals surface area contributed by atoms with Gasteiger partial charge in [0.15, 0.2) is 0 Å². The number of nitrogens with one attached hydrogen (secondary N) is 1. The third-order valence-electron chi connectivity index (χ3n) is 4.43. The predicted octanol–water partition coefficient (Wildman–Crippen LogP) is 2.50. The molecule has 1 N–H and O–H groups in total. The maximum absolute atomic E-state index is 12.6. The maximum Gasteiger partial charge on any atom is 0.263 e. The number of nitrogens with zero attached hydrogens (tertiary/aromatic N) is 3. The Morgan fingerprint density at radius 1 is 1.24 bits per heavy atom. The molecule has 3 rings (SSSR count). The smallest absolute Gasteiger partial charge is 0.263 e. The van der Waals surface area contributed by atoms with Crippen molar-refractivity contribution in [3.05, 3.63) is 45.7 Å². The maximum atomic E-state index is 12.6. The van der Waals surface area contributed by atoms with Gasteiger partial charge in [-0.15, -0.1) is 11.3 Å². The second-order valence-electron chi connectivity index (χ2n) is 6.27. The third kappa shape index (κ3) is 4.22. The van der Waals surface area contributed by atoms with Crippen molar-refractivity contribution in [2.24, 2.45) is 0 Å². The van der Waals surface area contributed by atoms with Crippen LogP contribution in [0.25, 0.3) is 0 Å². The summed E-state index contributed by atoms with van der Waals surface area (Å²) in [6, 6.07) is 3.89. The van der Waals surface area contributed by atoms with Gasteiger partial charge >= 0.3 is 0 Å². The van der Waals surface area contributed by atoms with E-state index in [0.717, 1.165) is 47.1 Å². The van der Waals surface area contributed by atoms with Gasteiger partial charge < -0.3 is 10.2 Å². The summed E-state index contributed by atoms with van der Waals surface area (Å²) < 4.78 is 0. The highest BCUT2D eigenvalue weighted by atomic mass is 32.1. The molecule has 1 aliphatic rings. The van der Waals surface area contributed by atoms with Crippen molar-refractivity contribution < 1.29 is 9.59 Å². The largest absolute Gasteiger partial charge is 0.351 e. The van der Waals surface area contributed by atoms with Crippen LogP contribution in [0.4, 0.5) is 0 Å². The summed E-state index contributed by atoms with van der Waals surface area (Å²) in [7, 11) is 0. The summed E-state index contributed by atoms with van der Waals surface area (Å²) in [4.78, 5) is 36.5. The first-order valence-electron chi connectivity index (χ1n) is 8.44. The molecule has 132 valence electrons. The topological polar surface area (TPSA) is 75.2 Å². The molecule has 0 spiro atoms. The van der Waals surface area contributed by atoms with E-state index in [0.29, 0.717) is 6.54 Å². The average Bonchev–Trinajstić information content (AvgIpc) is 3.06. The van der Waals surface area contributed by atoms with E-state index in [4.69, 9.17) is 0 Å². The molecule has 0 bridgehead atoms. The Labute approximate surface area is 151 Å². The standard InChI is InChI=1S/C18H22N4O2S/c1-12-3-4-16(25-12)18(24)22-9-5-14(6-10-22)17-15(11-21-13(2)23)19-7-8-20-17/h3-4,7-8,14H,5-6,9-11H2,1-2H3,(H,21,23). The van der Waals surface area contributed by atoms with Crippen LogP contribution in [0.1, 0.15) is 51.6 Å². The van der Waals surface area contributed by atoms with Crippen LogP contribution in [0.2, 0.25) is 0 Å². The van der Waals surface area contributed by atoms with Gasteiger partial charge in [-0.25, -0.2) is 0 Å². The molecule has 2 aromatic rings. The van der Waals surface area contributed by atoms with Gasteiger partial charge in [0.25, 0.3) is 5.91 Å². The van der Waals surface area contributed by atoms with Crippen LogP contribution in [-0.4, -0.2) is 39.8 Å². The van der Waals surface area contributed by atoms with E-state index in [1.807, 2.05) is 24.0 Å². The Balaban J connectivity index is 1.64. The van der Waals surface area contributed by atoms with Crippen molar-refractivity contribution in [2.75, 3.05) is 13.1 Å². The Kier molecular flexibility index (Phi) is 5.43. The van der Waals surface area contributed by atoms with Gasteiger partial charge in [-0.05, 0) is 31.9 Å². The van der Waals surface area contributed by atoms with Crippen LogP contribution in [0, 0.1) is 6.92 Å². The van der Waals surface area contributed by atoms with Crippen molar-refractivity contribution >= 4 is 23.2 Å². The number of aromatic nitrogens is 2. The van der Waals surface area contributed by atoms with E-state index < -0.39 is 0 Å². The number of piperidine rings is 1. The van der Waals surface area contributed by atoms with Crippen LogP contribution in [-0.2, 0) is 11.3 Å². The predicted molar refractivity (Wildman–Crippen MR) is 96.5 cm³/mol. The lowest BCUT2D eigenvalue weighted by atomic mass is 9.91.